The van der Waals surface area contributed by atoms with Gasteiger partial charge in [0.15, 0.2) is 5.62 Å². The van der Waals surface area contributed by atoms with Crippen molar-refractivity contribution in [1.29, 1.82) is 0 Å². The molecule has 7 heteroatoms. The third-order valence-electron chi connectivity index (χ3n) is 0.992. The lowest BCUT2D eigenvalue weighted by Crippen LogP contribution is -2.25. The summed E-state index contributed by atoms with van der Waals surface area (Å²) in [4.78, 5) is 13.0. The molecule has 0 aliphatic carbocycles. The summed E-state index contributed by atoms with van der Waals surface area (Å²) in [6, 6.07) is 0. The Bertz CT molecular complexity index is 250. The van der Waals surface area contributed by atoms with Crippen molar-refractivity contribution in [3.05, 3.63) is 22.0 Å². The first-order chi connectivity index (χ1) is 5.11. The Morgan fingerprint density at radius 1 is 1.82 bits per heavy atom. The zero-order valence-corrected chi connectivity index (χ0v) is 6.63. The van der Waals surface area contributed by atoms with E-state index in [4.69, 9.17) is 23.2 Å². The van der Waals surface area contributed by atoms with Crippen molar-refractivity contribution in [2.75, 3.05) is 0 Å². The maximum Gasteiger partial charge on any atom is 0.321 e. The molecule has 1 atom stereocenters. The largest absolute Gasteiger partial charge is 0.352 e. The highest BCUT2D eigenvalue weighted by Gasteiger charge is 2.22. The number of rotatable bonds is 1. The first-order valence-electron chi connectivity index (χ1n) is 2.59. The van der Waals surface area contributed by atoms with Crippen LogP contribution in [0.3, 0.4) is 0 Å². The van der Waals surface area contributed by atoms with E-state index in [1.54, 1.807) is 0 Å². The van der Waals surface area contributed by atoms with Crippen molar-refractivity contribution in [1.82, 2.24) is 5.32 Å². The minimum absolute atomic E-state index is 0.186. The highest BCUT2D eigenvalue weighted by molar-refractivity contribution is 6.69. The van der Waals surface area contributed by atoms with E-state index in [0.717, 1.165) is 6.20 Å². The maximum atomic E-state index is 10.2. The van der Waals surface area contributed by atoms with Gasteiger partial charge in [0.25, 0.3) is 0 Å². The number of nitro groups is 1. The highest BCUT2D eigenvalue weighted by Crippen LogP contribution is 2.10. The van der Waals surface area contributed by atoms with Crippen LogP contribution in [0.4, 0.5) is 0 Å². The predicted octanol–water partition coefficient (Wildman–Crippen LogP) is 0.867. The van der Waals surface area contributed by atoms with Crippen LogP contribution in [-0.2, 0) is 0 Å². The lowest BCUT2D eigenvalue weighted by Gasteiger charge is -2.08. The fourth-order valence-electron chi connectivity index (χ4n) is 0.538. The molecule has 0 bridgehead atoms. The van der Waals surface area contributed by atoms with Gasteiger partial charge in [-0.3, -0.25) is 10.1 Å². The van der Waals surface area contributed by atoms with Crippen LogP contribution in [0.1, 0.15) is 0 Å². The zero-order chi connectivity index (χ0) is 8.43. The summed E-state index contributed by atoms with van der Waals surface area (Å²) >= 11 is 10.8. The molecule has 5 nitrogen and oxygen atoms in total. The van der Waals surface area contributed by atoms with Gasteiger partial charge in [0.1, 0.15) is 0 Å². The van der Waals surface area contributed by atoms with Crippen molar-refractivity contribution in [2.24, 2.45) is 4.99 Å². The molecule has 1 aliphatic heterocycles. The second kappa shape index (κ2) is 3.06. The van der Waals surface area contributed by atoms with E-state index < -0.39 is 10.5 Å². The Morgan fingerprint density at radius 2 is 2.45 bits per heavy atom. The van der Waals surface area contributed by atoms with Crippen molar-refractivity contribution in [3.63, 3.8) is 0 Å². The summed E-state index contributed by atoms with van der Waals surface area (Å²) < 4.78 is 0. The SMILES string of the molecule is O=[N+]([O-])C1=CNC(Cl)N=C1Cl. The normalized spacial score (nSPS) is 23.3. The molecule has 0 aromatic rings. The first kappa shape index (κ1) is 8.29. The minimum Gasteiger partial charge on any atom is -0.352 e. The molecule has 1 rings (SSSR count). The van der Waals surface area contributed by atoms with Crippen molar-refractivity contribution in [2.45, 2.75) is 5.62 Å². The van der Waals surface area contributed by atoms with Gasteiger partial charge in [-0.25, -0.2) is 4.99 Å². The molecule has 1 N–H and O–H groups in total. The molecular weight excluding hydrogens is 193 g/mol. The van der Waals surface area contributed by atoms with Gasteiger partial charge < -0.3 is 5.32 Å². The Hall–Kier alpha value is -0.810. The summed E-state index contributed by atoms with van der Waals surface area (Å²) in [5.41, 5.74) is -0.991. The van der Waals surface area contributed by atoms with Crippen molar-refractivity contribution in [3.8, 4) is 0 Å². The van der Waals surface area contributed by atoms with Crippen molar-refractivity contribution >= 4 is 28.4 Å². The van der Waals surface area contributed by atoms with Gasteiger partial charge in [-0.1, -0.05) is 23.2 Å². The second-order valence-corrected chi connectivity index (χ2v) is 2.48. The third kappa shape index (κ3) is 1.81. The zero-order valence-electron chi connectivity index (χ0n) is 5.12. The van der Waals surface area contributed by atoms with E-state index in [9.17, 15) is 10.1 Å². The Labute approximate surface area is 71.8 Å². The maximum absolute atomic E-state index is 10.2. The van der Waals surface area contributed by atoms with Crippen LogP contribution in [0.25, 0.3) is 0 Å². The second-order valence-electron chi connectivity index (χ2n) is 1.71. The Balaban J connectivity index is 2.86. The van der Waals surface area contributed by atoms with Crippen LogP contribution in [0.15, 0.2) is 16.9 Å². The summed E-state index contributed by atoms with van der Waals surface area (Å²) in [6.45, 7) is 0. The van der Waals surface area contributed by atoms with Crippen LogP contribution >= 0.6 is 23.2 Å². The van der Waals surface area contributed by atoms with Crippen molar-refractivity contribution < 1.29 is 4.92 Å². The fraction of sp³-hybridized carbons (Fsp3) is 0.250. The van der Waals surface area contributed by atoms with Gasteiger partial charge in [-0.05, 0) is 0 Å². The number of nitrogens with one attached hydrogen (secondary N) is 1. The van der Waals surface area contributed by atoms with Gasteiger partial charge in [0.05, 0.1) is 11.1 Å². The molecule has 0 saturated carbocycles. The standard InChI is InChI=1S/C4H3Cl2N3O2/c5-3-2(9(10)11)1-7-4(6)8-3/h1,4,7H. The molecular formula is C4H3Cl2N3O2. The highest BCUT2D eigenvalue weighted by atomic mass is 35.5. The summed E-state index contributed by atoms with van der Waals surface area (Å²) in [6.07, 6.45) is 1.12. The number of hydrogen-bond acceptors (Lipinski definition) is 4. The monoisotopic (exact) mass is 195 g/mol. The first-order valence-corrected chi connectivity index (χ1v) is 3.41. The quantitative estimate of drug-likeness (QED) is 0.292. The summed E-state index contributed by atoms with van der Waals surface area (Å²) in [5, 5.41) is 12.4. The predicted molar refractivity (Wildman–Crippen MR) is 41.1 cm³/mol. The third-order valence-corrected chi connectivity index (χ3v) is 1.51. The lowest BCUT2D eigenvalue weighted by atomic mass is 10.5. The molecule has 0 amide bonds. The average molecular weight is 196 g/mol. The van der Waals surface area contributed by atoms with Crippen LogP contribution < -0.4 is 5.32 Å². The van der Waals surface area contributed by atoms with E-state index in [1.807, 2.05) is 0 Å². The summed E-state index contributed by atoms with van der Waals surface area (Å²) in [5.74, 6) is 0. The number of aliphatic imine (C=N–C) groups is 1. The Morgan fingerprint density at radius 3 is 2.91 bits per heavy atom. The molecule has 1 aliphatic rings. The summed E-state index contributed by atoms with van der Waals surface area (Å²) in [7, 11) is 0. The molecule has 0 spiro atoms. The molecule has 0 aromatic heterocycles. The van der Waals surface area contributed by atoms with E-state index in [2.05, 4.69) is 10.3 Å². The van der Waals surface area contributed by atoms with Gasteiger partial charge in [0.2, 0.25) is 5.17 Å². The number of hydrogen-bond donors (Lipinski definition) is 1. The number of halogens is 2. The van der Waals surface area contributed by atoms with Crippen LogP contribution in [0, 0.1) is 10.1 Å². The van der Waals surface area contributed by atoms with Crippen LogP contribution in [0.2, 0.25) is 0 Å². The van der Waals surface area contributed by atoms with Gasteiger partial charge in [0, 0.05) is 0 Å². The van der Waals surface area contributed by atoms with E-state index in [-0.39, 0.29) is 10.9 Å². The topological polar surface area (TPSA) is 67.5 Å². The smallest absolute Gasteiger partial charge is 0.321 e. The van der Waals surface area contributed by atoms with E-state index in [0.29, 0.717) is 0 Å². The number of alkyl halides is 1. The lowest BCUT2D eigenvalue weighted by molar-refractivity contribution is -0.415. The molecule has 11 heavy (non-hydrogen) atoms. The number of nitrogens with zero attached hydrogens (tertiary/aromatic N) is 2. The van der Waals surface area contributed by atoms with Crippen LogP contribution in [-0.4, -0.2) is 15.7 Å². The molecule has 0 aromatic carbocycles. The van der Waals surface area contributed by atoms with Gasteiger partial charge in [-0.15, -0.1) is 0 Å². The minimum atomic E-state index is -0.716. The average Bonchev–Trinajstić information content (AvgIpc) is 1.85. The molecule has 0 radical (unpaired) electrons. The Kier molecular flexibility index (Phi) is 2.31. The molecule has 1 unspecified atom stereocenters. The fourth-order valence-corrected chi connectivity index (χ4v) is 0.970. The van der Waals surface area contributed by atoms with Gasteiger partial charge in [-0.2, -0.15) is 0 Å². The van der Waals surface area contributed by atoms with Crippen LogP contribution in [0.5, 0.6) is 0 Å². The van der Waals surface area contributed by atoms with E-state index >= 15 is 0 Å². The molecule has 0 fully saturated rings. The molecule has 1 heterocycles. The molecule has 60 valence electrons. The number of allylic oxidation sites excluding steroid dienone is 1. The van der Waals surface area contributed by atoms with Gasteiger partial charge >= 0.3 is 5.70 Å². The molecule has 0 saturated heterocycles. The van der Waals surface area contributed by atoms with E-state index in [1.165, 1.54) is 0 Å².